The van der Waals surface area contributed by atoms with Crippen LogP contribution in [0.3, 0.4) is 0 Å². The van der Waals surface area contributed by atoms with Gasteiger partial charge in [0, 0.05) is 11.3 Å². The molecule has 1 aliphatic heterocycles. The third-order valence-corrected chi connectivity index (χ3v) is 4.96. The summed E-state index contributed by atoms with van der Waals surface area (Å²) >= 11 is 0. The van der Waals surface area contributed by atoms with Crippen LogP contribution in [0.1, 0.15) is 21.9 Å². The van der Waals surface area contributed by atoms with Gasteiger partial charge in [-0.3, -0.25) is 14.5 Å². The molecule has 0 spiro atoms. The minimum Gasteiger partial charge on any atom is -0.483 e. The summed E-state index contributed by atoms with van der Waals surface area (Å²) in [7, 11) is 1.22. The topological polar surface area (TPSA) is 127 Å². The molecule has 35 heavy (non-hydrogen) atoms. The molecule has 4 amide bonds. The van der Waals surface area contributed by atoms with E-state index >= 15 is 0 Å². The first-order chi connectivity index (χ1) is 16.9. The molecule has 1 aliphatic rings. The van der Waals surface area contributed by atoms with Crippen LogP contribution < -0.4 is 15.4 Å². The van der Waals surface area contributed by atoms with Gasteiger partial charge in [-0.15, -0.1) is 0 Å². The number of nitrogens with one attached hydrogen (secondary N) is 2. The number of urea groups is 1. The number of amides is 4. The summed E-state index contributed by atoms with van der Waals surface area (Å²) in [6, 6.07) is 18.0. The van der Waals surface area contributed by atoms with Crippen LogP contribution in [0.4, 0.5) is 10.5 Å². The van der Waals surface area contributed by atoms with E-state index in [0.29, 0.717) is 17.0 Å². The molecule has 10 nitrogen and oxygen atoms in total. The summed E-state index contributed by atoms with van der Waals surface area (Å²) in [5, 5.41) is 5.24. The third-order valence-electron chi connectivity index (χ3n) is 4.96. The molecule has 10 heteroatoms. The molecular formula is C25H21N3O7. The number of carbonyl (C=O) groups excluding carboxylic acids is 4. The van der Waals surface area contributed by atoms with Gasteiger partial charge in [0.2, 0.25) is 5.76 Å². The van der Waals surface area contributed by atoms with Gasteiger partial charge in [0.05, 0.1) is 13.7 Å². The number of methoxy groups -OCH3 is 1. The number of hydrogen-bond donors (Lipinski definition) is 2. The highest BCUT2D eigenvalue weighted by Gasteiger charge is 2.34. The minimum absolute atomic E-state index is 0.0273. The zero-order valence-corrected chi connectivity index (χ0v) is 18.6. The van der Waals surface area contributed by atoms with Crippen LogP contribution in [-0.4, -0.2) is 42.4 Å². The number of rotatable bonds is 8. The highest BCUT2D eigenvalue weighted by atomic mass is 16.5. The van der Waals surface area contributed by atoms with Crippen LogP contribution in [0.2, 0.25) is 0 Å². The molecular weight excluding hydrogens is 454 g/mol. The van der Waals surface area contributed by atoms with Crippen LogP contribution in [0.15, 0.2) is 76.8 Å². The molecule has 0 saturated carbocycles. The molecule has 0 atom stereocenters. The number of benzene rings is 2. The Bertz CT molecular complexity index is 1300. The van der Waals surface area contributed by atoms with Gasteiger partial charge in [-0.1, -0.05) is 36.4 Å². The molecule has 0 bridgehead atoms. The second-order valence-corrected chi connectivity index (χ2v) is 7.38. The number of hydrogen-bond acceptors (Lipinski definition) is 7. The van der Waals surface area contributed by atoms with Crippen molar-refractivity contribution in [1.29, 1.82) is 0 Å². The highest BCUT2D eigenvalue weighted by Crippen LogP contribution is 2.24. The molecule has 0 aliphatic carbocycles. The van der Waals surface area contributed by atoms with Gasteiger partial charge in [0.25, 0.3) is 11.8 Å². The summed E-state index contributed by atoms with van der Waals surface area (Å²) in [6.07, 6.45) is 1.46. The van der Waals surface area contributed by atoms with E-state index in [4.69, 9.17) is 9.15 Å². The van der Waals surface area contributed by atoms with E-state index in [0.717, 1.165) is 4.90 Å². The van der Waals surface area contributed by atoms with Gasteiger partial charge in [-0.05, 0) is 36.4 Å². The first kappa shape index (κ1) is 23.3. The molecule has 2 N–H and O–H groups in total. The van der Waals surface area contributed by atoms with Gasteiger partial charge in [0.1, 0.15) is 17.2 Å². The Kier molecular flexibility index (Phi) is 6.91. The summed E-state index contributed by atoms with van der Waals surface area (Å²) in [4.78, 5) is 49.9. The van der Waals surface area contributed by atoms with Crippen molar-refractivity contribution in [3.05, 3.63) is 89.5 Å². The first-order valence-electron chi connectivity index (χ1n) is 10.5. The van der Waals surface area contributed by atoms with E-state index in [2.05, 4.69) is 15.4 Å². The minimum atomic E-state index is -0.664. The maximum Gasteiger partial charge on any atom is 0.373 e. The number of carbonyl (C=O) groups is 4. The maximum atomic E-state index is 12.8. The number of anilines is 1. The summed E-state index contributed by atoms with van der Waals surface area (Å²) in [5.41, 5.74) is 1.17. The lowest BCUT2D eigenvalue weighted by Crippen LogP contribution is -2.30. The van der Waals surface area contributed by atoms with Crippen molar-refractivity contribution in [3.8, 4) is 5.75 Å². The monoisotopic (exact) mass is 475 g/mol. The molecule has 0 radical (unpaired) electrons. The molecule has 2 aromatic carbocycles. The standard InChI is InChI=1S/C25H21N3O7/c1-33-24(31)21-12-11-18(35-21)14-28-23(30)19(27-25(28)32)13-16-7-5-6-10-20(16)34-15-22(29)26-17-8-3-2-4-9-17/h2-13H,14-15H2,1H3,(H,26,29)(H,27,32)/b19-13-. The SMILES string of the molecule is COC(=O)c1ccc(CN2C(=O)N/C(=C\c3ccccc3OCC(=O)Nc3ccccc3)C2=O)o1. The van der Waals surface area contributed by atoms with Crippen molar-refractivity contribution >= 4 is 35.6 Å². The molecule has 1 fully saturated rings. The number of furan rings is 1. The number of imide groups is 1. The van der Waals surface area contributed by atoms with Crippen LogP contribution >= 0.6 is 0 Å². The normalized spacial score (nSPS) is 14.1. The number of nitrogens with zero attached hydrogens (tertiary/aromatic N) is 1. The predicted octanol–water partition coefficient (Wildman–Crippen LogP) is 3.18. The molecule has 2 heterocycles. The van der Waals surface area contributed by atoms with Crippen LogP contribution in [-0.2, 0) is 20.9 Å². The van der Waals surface area contributed by atoms with Crippen LogP contribution in [0.5, 0.6) is 5.75 Å². The Hall–Kier alpha value is -4.86. The molecule has 0 unspecified atom stereocenters. The Morgan fingerprint density at radius 2 is 1.77 bits per heavy atom. The molecule has 4 rings (SSSR count). The second kappa shape index (κ2) is 10.4. The molecule has 178 valence electrons. The van der Waals surface area contributed by atoms with Crippen molar-refractivity contribution in [2.75, 3.05) is 19.0 Å². The van der Waals surface area contributed by atoms with Gasteiger partial charge in [-0.2, -0.15) is 0 Å². The van der Waals surface area contributed by atoms with E-state index in [1.54, 1.807) is 48.5 Å². The molecule has 1 aromatic heterocycles. The number of para-hydroxylation sites is 2. The molecule has 1 saturated heterocycles. The maximum absolute atomic E-state index is 12.8. The van der Waals surface area contributed by atoms with Crippen molar-refractivity contribution < 1.29 is 33.1 Å². The number of ether oxygens (including phenoxy) is 2. The first-order valence-corrected chi connectivity index (χ1v) is 10.5. The highest BCUT2D eigenvalue weighted by molar-refractivity contribution is 6.14. The average molecular weight is 475 g/mol. The fourth-order valence-corrected chi connectivity index (χ4v) is 3.29. The van der Waals surface area contributed by atoms with Crippen molar-refractivity contribution in [3.63, 3.8) is 0 Å². The lowest BCUT2D eigenvalue weighted by atomic mass is 10.1. The van der Waals surface area contributed by atoms with E-state index in [1.165, 1.54) is 25.3 Å². The summed E-state index contributed by atoms with van der Waals surface area (Å²) in [5.74, 6) is -1.03. The zero-order valence-electron chi connectivity index (χ0n) is 18.6. The van der Waals surface area contributed by atoms with Crippen molar-refractivity contribution in [1.82, 2.24) is 10.2 Å². The Morgan fingerprint density at radius 3 is 2.54 bits per heavy atom. The summed E-state index contributed by atoms with van der Waals surface area (Å²) < 4.78 is 15.6. The van der Waals surface area contributed by atoms with E-state index in [9.17, 15) is 19.2 Å². The fourth-order valence-electron chi connectivity index (χ4n) is 3.29. The average Bonchev–Trinajstić information content (AvgIpc) is 3.44. The number of esters is 1. The lowest BCUT2D eigenvalue weighted by Gasteiger charge is -2.10. The smallest absolute Gasteiger partial charge is 0.373 e. The van der Waals surface area contributed by atoms with Crippen molar-refractivity contribution in [2.24, 2.45) is 0 Å². The Morgan fingerprint density at radius 1 is 1.03 bits per heavy atom. The van der Waals surface area contributed by atoms with Gasteiger partial charge in [0.15, 0.2) is 6.61 Å². The van der Waals surface area contributed by atoms with E-state index in [1.807, 2.05) is 6.07 Å². The Labute approximate surface area is 200 Å². The quantitative estimate of drug-likeness (QED) is 0.291. The largest absolute Gasteiger partial charge is 0.483 e. The van der Waals surface area contributed by atoms with Crippen molar-refractivity contribution in [2.45, 2.75) is 6.54 Å². The van der Waals surface area contributed by atoms with E-state index < -0.39 is 17.9 Å². The van der Waals surface area contributed by atoms with Gasteiger partial charge in [-0.25, -0.2) is 9.59 Å². The summed E-state index contributed by atoms with van der Waals surface area (Å²) in [6.45, 7) is -0.417. The zero-order chi connectivity index (χ0) is 24.8. The fraction of sp³-hybridized carbons (Fsp3) is 0.120. The van der Waals surface area contributed by atoms with Crippen LogP contribution in [0.25, 0.3) is 6.08 Å². The molecule has 3 aromatic rings. The predicted molar refractivity (Wildman–Crippen MR) is 124 cm³/mol. The van der Waals surface area contributed by atoms with Crippen LogP contribution in [0, 0.1) is 0 Å². The lowest BCUT2D eigenvalue weighted by molar-refractivity contribution is -0.123. The van der Waals surface area contributed by atoms with Gasteiger partial charge < -0.3 is 24.5 Å². The third kappa shape index (κ3) is 5.56. The second-order valence-electron chi connectivity index (χ2n) is 7.38. The Balaban J connectivity index is 1.43. The van der Waals surface area contributed by atoms with Gasteiger partial charge >= 0.3 is 12.0 Å². The van der Waals surface area contributed by atoms with E-state index in [-0.39, 0.29) is 36.3 Å².